The molecule has 2 aromatic carbocycles. The molecule has 2 N–H and O–H groups in total. The lowest BCUT2D eigenvalue weighted by atomic mass is 10.0. The third-order valence-corrected chi connectivity index (χ3v) is 8.56. The summed E-state index contributed by atoms with van der Waals surface area (Å²) in [6.45, 7) is 14.9. The van der Waals surface area contributed by atoms with E-state index in [9.17, 15) is 18.8 Å². The van der Waals surface area contributed by atoms with E-state index in [-0.39, 0.29) is 47.3 Å². The van der Waals surface area contributed by atoms with E-state index in [0.29, 0.717) is 60.0 Å². The number of nitrogens with zero attached hydrogens (tertiary/aromatic N) is 3. The highest BCUT2D eigenvalue weighted by Gasteiger charge is 2.30. The number of anilines is 1. The van der Waals surface area contributed by atoms with Gasteiger partial charge in [-0.05, 0) is 87.2 Å². The second kappa shape index (κ2) is 16.5. The summed E-state index contributed by atoms with van der Waals surface area (Å²) in [5.74, 6) is -0.283. The first kappa shape index (κ1) is 37.0. The number of rotatable bonds is 13. The molecule has 0 bridgehead atoms. The lowest BCUT2D eigenvalue weighted by molar-refractivity contribution is -0.130. The van der Waals surface area contributed by atoms with Crippen molar-refractivity contribution in [3.63, 3.8) is 0 Å². The zero-order chi connectivity index (χ0) is 35.8. The number of amides is 3. The molecule has 3 amide bonds. The number of carbonyl (C=O) groups excluding carboxylic acids is 3. The van der Waals surface area contributed by atoms with Crippen LogP contribution in [0.25, 0.3) is 0 Å². The standard InChI is InChI=1S/C37H46FN5O6/c1-9-34(44)43-13-12-42(19-26(43)6)20-33(27-11-10-22(2)31(38)16-27)49-32-15-23(3)29(17-30(32)37(46)40-25(5)21-47-7)36(45)41-35-24(4)14-28(48-8)18-39-35/h9-11,14-18,25-26,33H,1,12-13,19-21H2,2-8H3,(H,40,46)(H,39,41,45)/t25-,26+,33+/m0/s1. The van der Waals surface area contributed by atoms with Crippen LogP contribution in [0.2, 0.25) is 0 Å². The zero-order valence-corrected chi connectivity index (χ0v) is 29.3. The van der Waals surface area contributed by atoms with Gasteiger partial charge in [0.05, 0.1) is 25.5 Å². The summed E-state index contributed by atoms with van der Waals surface area (Å²) >= 11 is 0. The van der Waals surface area contributed by atoms with Gasteiger partial charge in [0.25, 0.3) is 11.8 Å². The quantitative estimate of drug-likeness (QED) is 0.243. The predicted octanol–water partition coefficient (Wildman–Crippen LogP) is 5.01. The van der Waals surface area contributed by atoms with Crippen molar-refractivity contribution >= 4 is 23.5 Å². The van der Waals surface area contributed by atoms with E-state index in [0.717, 1.165) is 0 Å². The Morgan fingerprint density at radius 2 is 1.80 bits per heavy atom. The summed E-state index contributed by atoms with van der Waals surface area (Å²) in [6, 6.07) is 9.44. The smallest absolute Gasteiger partial charge is 0.257 e. The fraction of sp³-hybridized carbons (Fsp3) is 0.405. The van der Waals surface area contributed by atoms with Crippen molar-refractivity contribution in [1.82, 2.24) is 20.1 Å². The molecule has 0 saturated carbocycles. The first-order chi connectivity index (χ1) is 23.3. The van der Waals surface area contributed by atoms with Gasteiger partial charge in [-0.3, -0.25) is 19.3 Å². The molecule has 0 aliphatic carbocycles. The Hall–Kier alpha value is -4.81. The van der Waals surface area contributed by atoms with Crippen LogP contribution in [0.4, 0.5) is 10.2 Å². The number of methoxy groups -OCH3 is 2. The fourth-order valence-electron chi connectivity index (χ4n) is 5.81. The van der Waals surface area contributed by atoms with Crippen LogP contribution < -0.4 is 20.1 Å². The molecule has 262 valence electrons. The molecule has 1 aliphatic heterocycles. The second-order valence-corrected chi connectivity index (χ2v) is 12.4. The Balaban J connectivity index is 1.71. The Labute approximate surface area is 287 Å². The largest absolute Gasteiger partial charge is 0.495 e. The van der Waals surface area contributed by atoms with Crippen LogP contribution in [0.1, 0.15) is 62.9 Å². The Morgan fingerprint density at radius 3 is 2.43 bits per heavy atom. The van der Waals surface area contributed by atoms with Crippen molar-refractivity contribution in [2.75, 3.05) is 52.3 Å². The number of pyridine rings is 1. The van der Waals surface area contributed by atoms with Gasteiger partial charge in [0.15, 0.2) is 0 Å². The SMILES string of the molecule is C=CC(=O)N1CCN(C[C@@H](Oc2cc(C)c(C(=O)Nc3ncc(OC)cc3C)cc2C(=O)N[C@@H](C)COC)c2ccc(C)c(F)c2)C[C@H]1C. The van der Waals surface area contributed by atoms with Gasteiger partial charge >= 0.3 is 0 Å². The molecule has 2 heterocycles. The first-order valence-corrected chi connectivity index (χ1v) is 16.2. The van der Waals surface area contributed by atoms with Gasteiger partial charge in [-0.25, -0.2) is 9.37 Å². The van der Waals surface area contributed by atoms with Crippen LogP contribution in [0.15, 0.2) is 55.3 Å². The molecule has 1 fully saturated rings. The van der Waals surface area contributed by atoms with Gasteiger partial charge in [0, 0.05) is 50.9 Å². The fourth-order valence-corrected chi connectivity index (χ4v) is 5.81. The van der Waals surface area contributed by atoms with Crippen LogP contribution in [0.3, 0.4) is 0 Å². The maximum absolute atomic E-state index is 14.9. The summed E-state index contributed by atoms with van der Waals surface area (Å²) in [4.78, 5) is 48.0. The van der Waals surface area contributed by atoms with Gasteiger partial charge in [0.2, 0.25) is 5.91 Å². The minimum absolute atomic E-state index is 0.0814. The minimum Gasteiger partial charge on any atom is -0.495 e. The summed E-state index contributed by atoms with van der Waals surface area (Å²) < 4.78 is 32.0. The van der Waals surface area contributed by atoms with Gasteiger partial charge in [-0.2, -0.15) is 0 Å². The number of aromatic nitrogens is 1. The van der Waals surface area contributed by atoms with Crippen molar-refractivity contribution < 1.29 is 33.0 Å². The van der Waals surface area contributed by atoms with Crippen LogP contribution in [0, 0.1) is 26.6 Å². The highest BCUT2D eigenvalue weighted by Crippen LogP contribution is 2.31. The van der Waals surface area contributed by atoms with Crippen LogP contribution in [-0.2, 0) is 9.53 Å². The first-order valence-electron chi connectivity index (χ1n) is 16.2. The Kier molecular flexibility index (Phi) is 12.5. The highest BCUT2D eigenvalue weighted by atomic mass is 19.1. The molecule has 1 aromatic heterocycles. The number of hydrogen-bond donors (Lipinski definition) is 2. The van der Waals surface area contributed by atoms with E-state index in [4.69, 9.17) is 14.2 Å². The molecule has 11 nitrogen and oxygen atoms in total. The number of nitrogens with one attached hydrogen (secondary N) is 2. The summed E-state index contributed by atoms with van der Waals surface area (Å²) in [5.41, 5.74) is 2.72. The van der Waals surface area contributed by atoms with E-state index in [1.807, 2.05) is 13.0 Å². The second-order valence-electron chi connectivity index (χ2n) is 12.4. The van der Waals surface area contributed by atoms with E-state index in [2.05, 4.69) is 27.1 Å². The van der Waals surface area contributed by atoms with Crippen molar-refractivity contribution in [1.29, 1.82) is 0 Å². The van der Waals surface area contributed by atoms with E-state index in [1.54, 1.807) is 57.9 Å². The molecule has 4 rings (SSSR count). The number of benzene rings is 2. The summed E-state index contributed by atoms with van der Waals surface area (Å²) in [5, 5.41) is 5.75. The molecule has 49 heavy (non-hydrogen) atoms. The predicted molar refractivity (Wildman–Crippen MR) is 186 cm³/mol. The minimum atomic E-state index is -0.697. The Bertz CT molecular complexity index is 1700. The average Bonchev–Trinajstić information content (AvgIpc) is 3.06. The van der Waals surface area contributed by atoms with E-state index >= 15 is 0 Å². The van der Waals surface area contributed by atoms with E-state index < -0.39 is 17.9 Å². The molecule has 12 heteroatoms. The van der Waals surface area contributed by atoms with Crippen molar-refractivity contribution in [2.45, 2.75) is 52.8 Å². The zero-order valence-electron chi connectivity index (χ0n) is 29.3. The molecular formula is C37H46FN5O6. The number of hydrogen-bond acceptors (Lipinski definition) is 8. The van der Waals surface area contributed by atoms with Crippen LogP contribution in [0.5, 0.6) is 11.5 Å². The molecule has 3 aromatic rings. The third kappa shape index (κ3) is 9.21. The number of carbonyl (C=O) groups is 3. The number of aryl methyl sites for hydroxylation is 3. The third-order valence-electron chi connectivity index (χ3n) is 8.56. The molecule has 0 unspecified atom stereocenters. The van der Waals surface area contributed by atoms with Gasteiger partial charge in [0.1, 0.15) is 29.2 Å². The molecule has 1 aliphatic rings. The van der Waals surface area contributed by atoms with E-state index in [1.165, 1.54) is 31.5 Å². The maximum atomic E-state index is 14.9. The maximum Gasteiger partial charge on any atom is 0.257 e. The monoisotopic (exact) mass is 675 g/mol. The molecule has 0 spiro atoms. The van der Waals surface area contributed by atoms with Gasteiger partial charge in [-0.1, -0.05) is 18.7 Å². The lowest BCUT2D eigenvalue weighted by Crippen LogP contribution is -2.54. The molecular weight excluding hydrogens is 629 g/mol. The van der Waals surface area contributed by atoms with Gasteiger partial charge in [-0.15, -0.1) is 0 Å². The topological polar surface area (TPSA) is 122 Å². The van der Waals surface area contributed by atoms with Crippen molar-refractivity contribution in [3.05, 3.63) is 94.4 Å². The molecule has 1 saturated heterocycles. The van der Waals surface area contributed by atoms with Crippen molar-refractivity contribution in [3.8, 4) is 11.5 Å². The Morgan fingerprint density at radius 1 is 1.04 bits per heavy atom. The molecule has 3 atom stereocenters. The number of halogens is 1. The lowest BCUT2D eigenvalue weighted by Gasteiger charge is -2.40. The van der Waals surface area contributed by atoms with Crippen LogP contribution >= 0.6 is 0 Å². The normalized spacial score (nSPS) is 16.0. The van der Waals surface area contributed by atoms with Gasteiger partial charge < -0.3 is 29.7 Å². The highest BCUT2D eigenvalue weighted by molar-refractivity contribution is 6.08. The van der Waals surface area contributed by atoms with Crippen LogP contribution in [-0.4, -0.2) is 91.6 Å². The number of piperazine rings is 1. The summed E-state index contributed by atoms with van der Waals surface area (Å²) in [7, 11) is 3.08. The number of ether oxygens (including phenoxy) is 3. The summed E-state index contributed by atoms with van der Waals surface area (Å²) in [6.07, 6.45) is 2.12. The average molecular weight is 676 g/mol. The van der Waals surface area contributed by atoms with Crippen molar-refractivity contribution in [2.24, 2.45) is 0 Å². The molecule has 0 radical (unpaired) electrons.